The fourth-order valence-electron chi connectivity index (χ4n) is 1.11. The van der Waals surface area contributed by atoms with Gasteiger partial charge < -0.3 is 4.12 Å². The van der Waals surface area contributed by atoms with Crippen LogP contribution in [0.1, 0.15) is 26.2 Å². The van der Waals surface area contributed by atoms with Gasteiger partial charge in [-0.05, 0) is 19.5 Å². The van der Waals surface area contributed by atoms with E-state index in [1.165, 1.54) is 19.3 Å². The molecule has 0 saturated carbocycles. The molecule has 0 radical (unpaired) electrons. The van der Waals surface area contributed by atoms with E-state index in [1.807, 2.05) is 0 Å². The maximum Gasteiger partial charge on any atom is 0.197 e. The first-order valence-corrected chi connectivity index (χ1v) is 9.91. The van der Waals surface area contributed by atoms with Crippen molar-refractivity contribution in [2.45, 2.75) is 45.8 Å². The third-order valence-corrected chi connectivity index (χ3v) is 6.93. The zero-order valence-electron chi connectivity index (χ0n) is 8.89. The Hall–Kier alpha value is 0.134. The Labute approximate surface area is 80.3 Å². The monoisotopic (exact) mass is 202 g/mol. The first kappa shape index (κ1) is 12.1. The SMILES string of the molecule is CCCCC=C[Si](C)(C)O[SiH2]C. The van der Waals surface area contributed by atoms with Crippen molar-refractivity contribution in [3.8, 4) is 0 Å². The number of hydrogen-bond acceptors (Lipinski definition) is 1. The Morgan fingerprint density at radius 3 is 2.58 bits per heavy atom. The number of unbranched alkanes of at least 4 members (excludes halogenated alkanes) is 2. The van der Waals surface area contributed by atoms with E-state index >= 15 is 0 Å². The third kappa shape index (κ3) is 6.82. The van der Waals surface area contributed by atoms with Crippen LogP contribution >= 0.6 is 0 Å². The molecular formula is C9H22OSi2. The topological polar surface area (TPSA) is 9.23 Å². The van der Waals surface area contributed by atoms with Gasteiger partial charge >= 0.3 is 0 Å². The van der Waals surface area contributed by atoms with Gasteiger partial charge in [0.05, 0.1) is 0 Å². The lowest BCUT2D eigenvalue weighted by molar-refractivity contribution is 0.609. The lowest BCUT2D eigenvalue weighted by Crippen LogP contribution is -2.28. The van der Waals surface area contributed by atoms with Gasteiger partial charge in [-0.1, -0.05) is 38.1 Å². The molecule has 0 aliphatic rings. The van der Waals surface area contributed by atoms with Crippen LogP contribution in [0.15, 0.2) is 11.8 Å². The first-order valence-electron chi connectivity index (χ1n) is 4.94. The molecule has 0 heterocycles. The number of allylic oxidation sites excluding steroid dienone is 1. The summed E-state index contributed by atoms with van der Waals surface area (Å²) >= 11 is 0. The maximum absolute atomic E-state index is 5.80. The highest BCUT2D eigenvalue weighted by molar-refractivity contribution is 6.79. The minimum Gasteiger partial charge on any atom is -0.458 e. The van der Waals surface area contributed by atoms with Gasteiger partial charge in [-0.25, -0.2) is 0 Å². The molecule has 0 aliphatic heterocycles. The molecule has 0 fully saturated rings. The molecule has 0 N–H and O–H groups in total. The maximum atomic E-state index is 5.80. The van der Waals surface area contributed by atoms with Crippen LogP contribution < -0.4 is 0 Å². The smallest absolute Gasteiger partial charge is 0.197 e. The molecule has 0 aromatic carbocycles. The van der Waals surface area contributed by atoms with Gasteiger partial charge in [0.25, 0.3) is 0 Å². The summed E-state index contributed by atoms with van der Waals surface area (Å²) in [5.41, 5.74) is 2.33. The van der Waals surface area contributed by atoms with Crippen molar-refractivity contribution in [3.05, 3.63) is 11.8 Å². The summed E-state index contributed by atoms with van der Waals surface area (Å²) < 4.78 is 5.80. The molecule has 72 valence electrons. The van der Waals surface area contributed by atoms with Crippen LogP contribution in [0.5, 0.6) is 0 Å². The third-order valence-electron chi connectivity index (χ3n) is 1.76. The van der Waals surface area contributed by atoms with Crippen molar-refractivity contribution in [1.29, 1.82) is 0 Å². The standard InChI is InChI=1S/C9H22OSi2/c1-5-6-7-8-9-12(3,4)10-11-2/h8-9H,5-7,11H2,1-4H3. The molecule has 0 amide bonds. The number of hydrogen-bond donors (Lipinski definition) is 0. The second-order valence-electron chi connectivity index (χ2n) is 3.58. The number of rotatable bonds is 6. The van der Waals surface area contributed by atoms with E-state index in [0.29, 0.717) is 0 Å². The second kappa shape index (κ2) is 6.63. The molecule has 0 aliphatic carbocycles. The fourth-order valence-corrected chi connectivity index (χ4v) is 5.20. The van der Waals surface area contributed by atoms with Gasteiger partial charge in [-0.2, -0.15) is 0 Å². The summed E-state index contributed by atoms with van der Waals surface area (Å²) in [6.07, 6.45) is 6.13. The van der Waals surface area contributed by atoms with Crippen LogP contribution in [-0.2, 0) is 4.12 Å². The zero-order chi connectivity index (χ0) is 9.45. The van der Waals surface area contributed by atoms with Gasteiger partial charge in [0.1, 0.15) is 9.76 Å². The highest BCUT2D eigenvalue weighted by atomic mass is 28.4. The molecule has 0 unspecified atom stereocenters. The lowest BCUT2D eigenvalue weighted by Gasteiger charge is -2.17. The summed E-state index contributed by atoms with van der Waals surface area (Å²) in [6.45, 7) is 8.97. The Morgan fingerprint density at radius 1 is 1.42 bits per heavy atom. The summed E-state index contributed by atoms with van der Waals surface area (Å²) in [5, 5.41) is 0. The van der Waals surface area contributed by atoms with E-state index in [-0.39, 0.29) is 9.76 Å². The van der Waals surface area contributed by atoms with Gasteiger partial charge in [-0.3, -0.25) is 0 Å². The summed E-state index contributed by atoms with van der Waals surface area (Å²) in [6, 6.07) is 0. The minimum atomic E-state index is -1.37. The molecule has 12 heavy (non-hydrogen) atoms. The zero-order valence-corrected chi connectivity index (χ0v) is 11.3. The van der Waals surface area contributed by atoms with E-state index in [2.05, 4.69) is 38.3 Å². The van der Waals surface area contributed by atoms with Crippen molar-refractivity contribution in [2.24, 2.45) is 0 Å². The van der Waals surface area contributed by atoms with Gasteiger partial charge in [0, 0.05) is 0 Å². The predicted octanol–water partition coefficient (Wildman–Crippen LogP) is 2.63. The predicted molar refractivity (Wildman–Crippen MR) is 61.6 cm³/mol. The van der Waals surface area contributed by atoms with Crippen LogP contribution in [0.2, 0.25) is 19.6 Å². The average molecular weight is 202 g/mol. The van der Waals surface area contributed by atoms with Crippen molar-refractivity contribution >= 4 is 18.1 Å². The van der Waals surface area contributed by atoms with E-state index in [0.717, 1.165) is 0 Å². The minimum absolute atomic E-state index is 0.219. The van der Waals surface area contributed by atoms with Crippen LogP contribution in [0.25, 0.3) is 0 Å². The van der Waals surface area contributed by atoms with Crippen LogP contribution in [0.4, 0.5) is 0 Å². The fraction of sp³-hybridized carbons (Fsp3) is 0.778. The Kier molecular flexibility index (Phi) is 6.70. The largest absolute Gasteiger partial charge is 0.458 e. The Balaban J connectivity index is 3.63. The molecule has 0 atom stereocenters. The summed E-state index contributed by atoms with van der Waals surface area (Å²) in [4.78, 5) is 0. The van der Waals surface area contributed by atoms with Crippen molar-refractivity contribution in [1.82, 2.24) is 0 Å². The molecule has 0 saturated heterocycles. The second-order valence-corrected chi connectivity index (χ2v) is 8.85. The highest BCUT2D eigenvalue weighted by Crippen LogP contribution is 2.06. The van der Waals surface area contributed by atoms with Gasteiger partial charge in [0.2, 0.25) is 0 Å². The first-order chi connectivity index (χ1) is 5.62. The molecule has 0 spiro atoms. The van der Waals surface area contributed by atoms with Crippen molar-refractivity contribution in [2.75, 3.05) is 0 Å². The summed E-state index contributed by atoms with van der Waals surface area (Å²) in [7, 11) is -1.59. The van der Waals surface area contributed by atoms with E-state index in [9.17, 15) is 0 Å². The van der Waals surface area contributed by atoms with Crippen LogP contribution in [0, 0.1) is 0 Å². The van der Waals surface area contributed by atoms with Gasteiger partial charge in [0.15, 0.2) is 8.32 Å². The molecule has 0 bridgehead atoms. The normalized spacial score (nSPS) is 13.7. The quantitative estimate of drug-likeness (QED) is 0.475. The molecule has 0 aromatic heterocycles. The highest BCUT2D eigenvalue weighted by Gasteiger charge is 2.15. The van der Waals surface area contributed by atoms with Gasteiger partial charge in [-0.15, -0.1) is 0 Å². The Bertz CT molecular complexity index is 132. The lowest BCUT2D eigenvalue weighted by atomic mass is 10.2. The van der Waals surface area contributed by atoms with E-state index in [1.54, 1.807) is 0 Å². The van der Waals surface area contributed by atoms with Crippen LogP contribution in [-0.4, -0.2) is 18.1 Å². The van der Waals surface area contributed by atoms with Crippen LogP contribution in [0.3, 0.4) is 0 Å². The molecular weight excluding hydrogens is 180 g/mol. The van der Waals surface area contributed by atoms with E-state index < -0.39 is 8.32 Å². The average Bonchev–Trinajstić information content (AvgIpc) is 1.98. The molecule has 0 rings (SSSR count). The molecule has 3 heteroatoms. The Morgan fingerprint density at radius 2 is 2.08 bits per heavy atom. The molecule has 0 aromatic rings. The summed E-state index contributed by atoms with van der Waals surface area (Å²) in [5.74, 6) is 0. The van der Waals surface area contributed by atoms with Crippen molar-refractivity contribution in [3.63, 3.8) is 0 Å². The van der Waals surface area contributed by atoms with Crippen molar-refractivity contribution < 1.29 is 4.12 Å². The van der Waals surface area contributed by atoms with E-state index in [4.69, 9.17) is 4.12 Å². The molecule has 1 nitrogen and oxygen atoms in total.